The van der Waals surface area contributed by atoms with Gasteiger partial charge in [0.1, 0.15) is 11.6 Å². The first-order valence-electron chi connectivity index (χ1n) is 10.1. The normalized spacial score (nSPS) is 12.0. The second kappa shape index (κ2) is 9.76. The van der Waals surface area contributed by atoms with Crippen molar-refractivity contribution >= 4 is 28.4 Å². The number of nitrogens with zero attached hydrogens (tertiary/aromatic N) is 3. The first-order valence-corrected chi connectivity index (χ1v) is 10.5. The van der Waals surface area contributed by atoms with Crippen molar-refractivity contribution in [3.8, 4) is 5.75 Å². The largest absolute Gasteiger partial charge is 0.484 e. The summed E-state index contributed by atoms with van der Waals surface area (Å²) in [4.78, 5) is 32.4. The van der Waals surface area contributed by atoms with Crippen molar-refractivity contribution in [2.45, 2.75) is 39.8 Å². The van der Waals surface area contributed by atoms with Crippen molar-refractivity contribution in [3.63, 3.8) is 0 Å². The van der Waals surface area contributed by atoms with Crippen LogP contribution in [0.4, 0.5) is 0 Å². The lowest BCUT2D eigenvalue weighted by Crippen LogP contribution is -2.40. The van der Waals surface area contributed by atoms with Gasteiger partial charge >= 0.3 is 0 Å². The third-order valence-corrected chi connectivity index (χ3v) is 5.27. The lowest BCUT2D eigenvalue weighted by molar-refractivity contribution is -0.135. The number of likely N-dealkylation sites (N-methyl/N-ethyl adjacent to an activating group) is 1. The Labute approximate surface area is 181 Å². The Balaban J connectivity index is 1.88. The highest BCUT2D eigenvalue weighted by Crippen LogP contribution is 2.21. The highest BCUT2D eigenvalue weighted by atomic mass is 35.5. The molecule has 6 nitrogen and oxygen atoms in total. The second-order valence-electron chi connectivity index (χ2n) is 7.04. The number of fused-ring (bicyclic) bond motifs is 1. The predicted octanol–water partition coefficient (Wildman–Crippen LogP) is 4.45. The molecule has 7 heteroatoms. The third kappa shape index (κ3) is 4.65. The molecule has 0 aliphatic rings. The van der Waals surface area contributed by atoms with Crippen molar-refractivity contribution in [2.75, 3.05) is 13.2 Å². The molecule has 0 bridgehead atoms. The number of rotatable bonds is 8. The summed E-state index contributed by atoms with van der Waals surface area (Å²) in [5.41, 5.74) is 0.558. The quantitative estimate of drug-likeness (QED) is 0.532. The van der Waals surface area contributed by atoms with E-state index in [1.54, 1.807) is 39.8 Å². The number of hydrogen-bond acceptors (Lipinski definition) is 4. The molecule has 0 aliphatic heterocycles. The number of benzene rings is 2. The Hall–Kier alpha value is -2.86. The molecule has 158 valence electrons. The standard InChI is InChI=1S/C23H26ClN3O3/c1-4-14-27-22(25-20-9-7-6-8-19(20)23(27)29)16(3)26(5-2)21(28)15-30-18-12-10-17(24)11-13-18/h6-13,16H,4-5,14-15H2,1-3H3. The molecule has 1 aromatic heterocycles. The number of carbonyl (C=O) groups excluding carboxylic acids is 1. The van der Waals surface area contributed by atoms with Crippen LogP contribution >= 0.6 is 11.6 Å². The second-order valence-corrected chi connectivity index (χ2v) is 7.48. The highest BCUT2D eigenvalue weighted by molar-refractivity contribution is 6.30. The number of hydrogen-bond donors (Lipinski definition) is 0. The Morgan fingerprint density at radius 2 is 1.87 bits per heavy atom. The molecule has 1 heterocycles. The van der Waals surface area contributed by atoms with Crippen LogP contribution in [0.2, 0.25) is 5.02 Å². The van der Waals surface area contributed by atoms with E-state index in [1.165, 1.54) is 0 Å². The smallest absolute Gasteiger partial charge is 0.261 e. The molecule has 1 amide bonds. The maximum atomic E-state index is 13.0. The van der Waals surface area contributed by atoms with Crippen molar-refractivity contribution in [3.05, 3.63) is 69.7 Å². The molecule has 0 spiro atoms. The minimum Gasteiger partial charge on any atom is -0.484 e. The fourth-order valence-electron chi connectivity index (χ4n) is 3.51. The van der Waals surface area contributed by atoms with Crippen LogP contribution in [0.3, 0.4) is 0 Å². The van der Waals surface area contributed by atoms with E-state index < -0.39 is 0 Å². The van der Waals surface area contributed by atoms with Crippen LogP contribution in [0.1, 0.15) is 39.1 Å². The van der Waals surface area contributed by atoms with Crippen molar-refractivity contribution < 1.29 is 9.53 Å². The molecule has 0 radical (unpaired) electrons. The zero-order valence-electron chi connectivity index (χ0n) is 17.5. The van der Waals surface area contributed by atoms with Gasteiger partial charge in [0, 0.05) is 18.1 Å². The van der Waals surface area contributed by atoms with Gasteiger partial charge in [-0.25, -0.2) is 4.98 Å². The number of ether oxygens (including phenoxy) is 1. The van der Waals surface area contributed by atoms with Gasteiger partial charge in [0.2, 0.25) is 0 Å². The van der Waals surface area contributed by atoms with Gasteiger partial charge in [-0.1, -0.05) is 30.7 Å². The Bertz CT molecular complexity index is 1080. The highest BCUT2D eigenvalue weighted by Gasteiger charge is 2.25. The van der Waals surface area contributed by atoms with Crippen molar-refractivity contribution in [2.24, 2.45) is 0 Å². The van der Waals surface area contributed by atoms with Gasteiger partial charge in [0.15, 0.2) is 6.61 Å². The average molecular weight is 428 g/mol. The van der Waals surface area contributed by atoms with Crippen LogP contribution in [0.15, 0.2) is 53.3 Å². The molecule has 0 saturated carbocycles. The molecular formula is C23H26ClN3O3. The Morgan fingerprint density at radius 1 is 1.17 bits per heavy atom. The number of para-hydroxylation sites is 1. The van der Waals surface area contributed by atoms with Gasteiger partial charge in [-0.3, -0.25) is 14.2 Å². The molecule has 0 N–H and O–H groups in total. The molecule has 1 unspecified atom stereocenters. The van der Waals surface area contributed by atoms with E-state index in [9.17, 15) is 9.59 Å². The summed E-state index contributed by atoms with van der Waals surface area (Å²) < 4.78 is 7.31. The third-order valence-electron chi connectivity index (χ3n) is 5.02. The van der Waals surface area contributed by atoms with E-state index in [0.717, 1.165) is 6.42 Å². The summed E-state index contributed by atoms with van der Waals surface area (Å²) in [5, 5.41) is 1.19. The molecule has 2 aromatic carbocycles. The Morgan fingerprint density at radius 3 is 2.53 bits per heavy atom. The summed E-state index contributed by atoms with van der Waals surface area (Å²) in [6, 6.07) is 13.8. The van der Waals surface area contributed by atoms with E-state index in [2.05, 4.69) is 0 Å². The number of amides is 1. The summed E-state index contributed by atoms with van der Waals surface area (Å²) in [6.45, 7) is 6.72. The SMILES string of the molecule is CCCn1c(C(C)N(CC)C(=O)COc2ccc(Cl)cc2)nc2ccccc2c1=O. The Kier molecular flexibility index (Phi) is 7.11. The van der Waals surface area contributed by atoms with Gasteiger partial charge < -0.3 is 9.64 Å². The molecule has 3 rings (SSSR count). The maximum Gasteiger partial charge on any atom is 0.261 e. The van der Waals surface area contributed by atoms with Gasteiger partial charge in [0.25, 0.3) is 11.5 Å². The molecule has 30 heavy (non-hydrogen) atoms. The summed E-state index contributed by atoms with van der Waals surface area (Å²) in [6.07, 6.45) is 0.791. The number of halogens is 1. The molecule has 0 saturated heterocycles. The molecule has 1 atom stereocenters. The van der Waals surface area contributed by atoms with Crippen LogP contribution in [-0.2, 0) is 11.3 Å². The average Bonchev–Trinajstić information content (AvgIpc) is 2.75. The van der Waals surface area contributed by atoms with E-state index >= 15 is 0 Å². The topological polar surface area (TPSA) is 64.4 Å². The zero-order valence-corrected chi connectivity index (χ0v) is 18.2. The number of aromatic nitrogens is 2. The lowest BCUT2D eigenvalue weighted by Gasteiger charge is -2.29. The number of carbonyl (C=O) groups is 1. The van der Waals surface area contributed by atoms with Gasteiger partial charge in [-0.15, -0.1) is 0 Å². The lowest BCUT2D eigenvalue weighted by atomic mass is 10.2. The fourth-order valence-corrected chi connectivity index (χ4v) is 3.63. The van der Waals surface area contributed by atoms with Gasteiger partial charge in [-0.05, 0) is 56.7 Å². The minimum atomic E-state index is -0.375. The van der Waals surface area contributed by atoms with Gasteiger partial charge in [-0.2, -0.15) is 0 Å². The van der Waals surface area contributed by atoms with E-state index in [1.807, 2.05) is 39.0 Å². The molecule has 0 fully saturated rings. The van der Waals surface area contributed by atoms with Crippen LogP contribution in [0, 0.1) is 0 Å². The maximum absolute atomic E-state index is 13.0. The van der Waals surface area contributed by atoms with Crippen LogP contribution in [0.5, 0.6) is 5.75 Å². The zero-order chi connectivity index (χ0) is 21.7. The molecule has 3 aromatic rings. The van der Waals surface area contributed by atoms with Crippen LogP contribution < -0.4 is 10.3 Å². The van der Waals surface area contributed by atoms with Crippen LogP contribution in [0.25, 0.3) is 10.9 Å². The first kappa shape index (κ1) is 21.8. The van der Waals surface area contributed by atoms with Gasteiger partial charge in [0.05, 0.1) is 16.9 Å². The van der Waals surface area contributed by atoms with E-state index in [4.69, 9.17) is 21.3 Å². The fraction of sp³-hybridized carbons (Fsp3) is 0.348. The summed E-state index contributed by atoms with van der Waals surface area (Å²) in [5.74, 6) is 0.982. The summed E-state index contributed by atoms with van der Waals surface area (Å²) in [7, 11) is 0. The first-order chi connectivity index (χ1) is 14.5. The minimum absolute atomic E-state index is 0.0785. The predicted molar refractivity (Wildman–Crippen MR) is 119 cm³/mol. The molecular weight excluding hydrogens is 402 g/mol. The molecule has 0 aliphatic carbocycles. The van der Waals surface area contributed by atoms with Crippen molar-refractivity contribution in [1.82, 2.24) is 14.5 Å². The van der Waals surface area contributed by atoms with Crippen LogP contribution in [-0.4, -0.2) is 33.5 Å². The van der Waals surface area contributed by atoms with E-state index in [0.29, 0.717) is 40.6 Å². The van der Waals surface area contributed by atoms with Crippen molar-refractivity contribution in [1.29, 1.82) is 0 Å². The van der Waals surface area contributed by atoms with E-state index in [-0.39, 0.29) is 24.1 Å². The monoisotopic (exact) mass is 427 g/mol. The summed E-state index contributed by atoms with van der Waals surface area (Å²) >= 11 is 5.89.